The summed E-state index contributed by atoms with van der Waals surface area (Å²) in [6.45, 7) is 6.32. The molecule has 0 fully saturated rings. The van der Waals surface area contributed by atoms with Crippen LogP contribution in [0.1, 0.15) is 39.0 Å². The van der Waals surface area contributed by atoms with Gasteiger partial charge in [-0.05, 0) is 32.4 Å². The fourth-order valence-electron chi connectivity index (χ4n) is 1.31. The van der Waals surface area contributed by atoms with Crippen LogP contribution in [-0.4, -0.2) is 18.5 Å². The molecular weight excluding hydrogens is 204 g/mol. The first-order valence-electron chi connectivity index (χ1n) is 5.69. The Morgan fingerprint density at radius 1 is 1.50 bits per heavy atom. The summed E-state index contributed by atoms with van der Waals surface area (Å²) in [6.07, 6.45) is 2.58. The van der Waals surface area contributed by atoms with Crippen LogP contribution in [0.25, 0.3) is 0 Å². The molecule has 0 aliphatic heterocycles. The monoisotopic (exact) mass is 224 g/mol. The zero-order chi connectivity index (χ0) is 12.0. The Hall–Kier alpha value is -1.29. The fraction of sp³-hybridized carbons (Fsp3) is 0.583. The maximum atomic E-state index is 11.5. The third-order valence-corrected chi connectivity index (χ3v) is 2.56. The van der Waals surface area contributed by atoms with E-state index in [4.69, 9.17) is 4.42 Å². The number of carbonyl (C=O) groups is 1. The normalized spacial score (nSPS) is 14.4. The van der Waals surface area contributed by atoms with Gasteiger partial charge in [-0.15, -0.1) is 0 Å². The van der Waals surface area contributed by atoms with Crippen LogP contribution in [0.5, 0.6) is 0 Å². The summed E-state index contributed by atoms with van der Waals surface area (Å²) in [7, 11) is 0. The number of hydrogen-bond donors (Lipinski definition) is 2. The van der Waals surface area contributed by atoms with Crippen molar-refractivity contribution in [3.05, 3.63) is 24.2 Å². The predicted molar refractivity (Wildman–Crippen MR) is 63.0 cm³/mol. The SMILES string of the molecule is CCC(C)NC(=O)CN[C@H](C)c1ccco1. The average Bonchev–Trinajstić information content (AvgIpc) is 2.79. The Morgan fingerprint density at radius 2 is 2.25 bits per heavy atom. The Bertz CT molecular complexity index is 309. The highest BCUT2D eigenvalue weighted by Gasteiger charge is 2.10. The van der Waals surface area contributed by atoms with Crippen LogP contribution >= 0.6 is 0 Å². The molecular formula is C12H20N2O2. The molecule has 4 heteroatoms. The second-order valence-corrected chi connectivity index (χ2v) is 3.99. The fourth-order valence-corrected chi connectivity index (χ4v) is 1.31. The van der Waals surface area contributed by atoms with Crippen LogP contribution in [0.4, 0.5) is 0 Å². The molecule has 1 unspecified atom stereocenters. The van der Waals surface area contributed by atoms with Crippen LogP contribution in [0.15, 0.2) is 22.8 Å². The first-order valence-corrected chi connectivity index (χ1v) is 5.69. The van der Waals surface area contributed by atoms with Gasteiger partial charge >= 0.3 is 0 Å². The molecule has 2 N–H and O–H groups in total. The van der Waals surface area contributed by atoms with Gasteiger partial charge in [0.1, 0.15) is 5.76 Å². The first-order chi connectivity index (χ1) is 7.63. The highest BCUT2D eigenvalue weighted by atomic mass is 16.3. The lowest BCUT2D eigenvalue weighted by Gasteiger charge is -2.14. The lowest BCUT2D eigenvalue weighted by molar-refractivity contribution is -0.121. The molecule has 0 aromatic carbocycles. The summed E-state index contributed by atoms with van der Waals surface area (Å²) in [5.74, 6) is 0.865. The van der Waals surface area contributed by atoms with Crippen molar-refractivity contribution >= 4 is 5.91 Å². The number of hydrogen-bond acceptors (Lipinski definition) is 3. The van der Waals surface area contributed by atoms with Crippen LogP contribution in [0.2, 0.25) is 0 Å². The van der Waals surface area contributed by atoms with Crippen LogP contribution in [0, 0.1) is 0 Å². The highest BCUT2D eigenvalue weighted by Crippen LogP contribution is 2.11. The van der Waals surface area contributed by atoms with Crippen LogP contribution in [-0.2, 0) is 4.79 Å². The smallest absolute Gasteiger partial charge is 0.234 e. The zero-order valence-corrected chi connectivity index (χ0v) is 10.1. The van der Waals surface area contributed by atoms with Gasteiger partial charge in [0.2, 0.25) is 5.91 Å². The van der Waals surface area contributed by atoms with Gasteiger partial charge in [0.15, 0.2) is 0 Å². The number of rotatable bonds is 6. The van der Waals surface area contributed by atoms with E-state index in [1.807, 2.05) is 32.9 Å². The molecule has 90 valence electrons. The lowest BCUT2D eigenvalue weighted by Crippen LogP contribution is -2.39. The molecule has 0 saturated carbocycles. The predicted octanol–water partition coefficient (Wildman–Crippen LogP) is 1.84. The van der Waals surface area contributed by atoms with Crippen molar-refractivity contribution in [2.24, 2.45) is 0 Å². The molecule has 2 atom stereocenters. The Balaban J connectivity index is 2.26. The van der Waals surface area contributed by atoms with E-state index in [-0.39, 0.29) is 18.0 Å². The van der Waals surface area contributed by atoms with Crippen molar-refractivity contribution in [3.63, 3.8) is 0 Å². The average molecular weight is 224 g/mol. The molecule has 0 spiro atoms. The van der Waals surface area contributed by atoms with Crippen molar-refractivity contribution in [2.45, 2.75) is 39.3 Å². The van der Waals surface area contributed by atoms with E-state index < -0.39 is 0 Å². The number of furan rings is 1. The van der Waals surface area contributed by atoms with E-state index in [0.717, 1.165) is 12.2 Å². The molecule has 1 heterocycles. The molecule has 0 aliphatic rings. The molecule has 1 aromatic rings. The minimum atomic E-state index is 0.0211. The Kier molecular flexibility index (Phi) is 5.05. The molecule has 1 rings (SSSR count). The van der Waals surface area contributed by atoms with Gasteiger partial charge < -0.3 is 9.73 Å². The first kappa shape index (κ1) is 12.8. The van der Waals surface area contributed by atoms with E-state index in [2.05, 4.69) is 10.6 Å². The van der Waals surface area contributed by atoms with E-state index in [1.54, 1.807) is 6.26 Å². The van der Waals surface area contributed by atoms with Crippen molar-refractivity contribution in [1.29, 1.82) is 0 Å². The molecule has 1 aromatic heterocycles. The summed E-state index contributed by atoms with van der Waals surface area (Å²) in [6, 6.07) is 4.02. The lowest BCUT2D eigenvalue weighted by atomic mass is 10.2. The van der Waals surface area contributed by atoms with Crippen molar-refractivity contribution in [3.8, 4) is 0 Å². The van der Waals surface area contributed by atoms with Gasteiger partial charge in [0, 0.05) is 6.04 Å². The minimum Gasteiger partial charge on any atom is -0.468 e. The maximum Gasteiger partial charge on any atom is 0.234 e. The Morgan fingerprint density at radius 3 is 2.81 bits per heavy atom. The third-order valence-electron chi connectivity index (χ3n) is 2.56. The molecule has 0 radical (unpaired) electrons. The summed E-state index contributed by atoms with van der Waals surface area (Å²) in [5, 5.41) is 6.01. The molecule has 4 nitrogen and oxygen atoms in total. The van der Waals surface area contributed by atoms with Gasteiger partial charge in [-0.25, -0.2) is 0 Å². The molecule has 16 heavy (non-hydrogen) atoms. The van der Waals surface area contributed by atoms with E-state index in [9.17, 15) is 4.79 Å². The van der Waals surface area contributed by atoms with Gasteiger partial charge in [-0.3, -0.25) is 10.1 Å². The number of carbonyl (C=O) groups excluding carboxylic acids is 1. The largest absolute Gasteiger partial charge is 0.468 e. The van der Waals surface area contributed by atoms with Crippen molar-refractivity contribution in [2.75, 3.05) is 6.54 Å². The highest BCUT2D eigenvalue weighted by molar-refractivity contribution is 5.78. The maximum absolute atomic E-state index is 11.5. The Labute approximate surface area is 96.4 Å². The topological polar surface area (TPSA) is 54.3 Å². The second-order valence-electron chi connectivity index (χ2n) is 3.99. The van der Waals surface area contributed by atoms with Gasteiger partial charge in [-0.1, -0.05) is 6.92 Å². The summed E-state index contributed by atoms with van der Waals surface area (Å²) >= 11 is 0. The van der Waals surface area contributed by atoms with Gasteiger partial charge in [0.25, 0.3) is 0 Å². The standard InChI is InChI=1S/C12H20N2O2/c1-4-9(2)14-12(15)8-13-10(3)11-6-5-7-16-11/h5-7,9-10,13H,4,8H2,1-3H3,(H,14,15)/t9?,10-/m1/s1. The van der Waals surface area contributed by atoms with E-state index in [0.29, 0.717) is 6.54 Å². The summed E-state index contributed by atoms with van der Waals surface area (Å²) in [4.78, 5) is 11.5. The number of nitrogens with one attached hydrogen (secondary N) is 2. The quantitative estimate of drug-likeness (QED) is 0.775. The van der Waals surface area contributed by atoms with Crippen molar-refractivity contribution < 1.29 is 9.21 Å². The zero-order valence-electron chi connectivity index (χ0n) is 10.1. The van der Waals surface area contributed by atoms with E-state index in [1.165, 1.54) is 0 Å². The third kappa shape index (κ3) is 4.06. The second kappa shape index (κ2) is 6.33. The molecule has 0 saturated heterocycles. The van der Waals surface area contributed by atoms with Gasteiger partial charge in [0.05, 0.1) is 18.8 Å². The summed E-state index contributed by atoms with van der Waals surface area (Å²) < 4.78 is 5.24. The summed E-state index contributed by atoms with van der Waals surface area (Å²) in [5.41, 5.74) is 0. The molecule has 0 aliphatic carbocycles. The van der Waals surface area contributed by atoms with E-state index >= 15 is 0 Å². The van der Waals surface area contributed by atoms with Crippen molar-refractivity contribution in [1.82, 2.24) is 10.6 Å². The van der Waals surface area contributed by atoms with Crippen LogP contribution < -0.4 is 10.6 Å². The van der Waals surface area contributed by atoms with Crippen LogP contribution in [0.3, 0.4) is 0 Å². The minimum absolute atomic E-state index is 0.0211. The number of amides is 1. The molecule has 0 bridgehead atoms. The van der Waals surface area contributed by atoms with Gasteiger partial charge in [-0.2, -0.15) is 0 Å². The molecule has 1 amide bonds.